The Labute approximate surface area is 96.5 Å². The van der Waals surface area contributed by atoms with Crippen molar-refractivity contribution in [2.24, 2.45) is 5.92 Å². The van der Waals surface area contributed by atoms with Crippen LogP contribution in [0, 0.1) is 5.92 Å². The molecule has 3 rings (SSSR count). The van der Waals surface area contributed by atoms with Crippen LogP contribution >= 0.6 is 0 Å². The molecule has 3 aliphatic rings. The summed E-state index contributed by atoms with van der Waals surface area (Å²) in [6, 6.07) is 0. The minimum atomic E-state index is -1.92. The van der Waals surface area contributed by atoms with Gasteiger partial charge >= 0.3 is 11.9 Å². The number of halogens is 1. The summed E-state index contributed by atoms with van der Waals surface area (Å²) in [7, 11) is 0. The molecule has 0 N–H and O–H groups in total. The van der Waals surface area contributed by atoms with Gasteiger partial charge < -0.3 is 14.2 Å². The third-order valence-corrected chi connectivity index (χ3v) is 3.76. The highest BCUT2D eigenvalue weighted by atomic mass is 19.1. The number of rotatable bonds is 2. The summed E-state index contributed by atoms with van der Waals surface area (Å²) in [5.41, 5.74) is -1.92. The molecule has 3 heterocycles. The smallest absolute Gasteiger partial charge is 0.357 e. The quantitative estimate of drug-likeness (QED) is 0.509. The summed E-state index contributed by atoms with van der Waals surface area (Å²) < 4.78 is 29.6. The Balaban J connectivity index is 2.02. The molecule has 6 unspecified atom stereocenters. The average molecular weight is 242 g/mol. The lowest BCUT2D eigenvalue weighted by Gasteiger charge is -2.29. The number of ether oxygens (including phenoxy) is 3. The van der Waals surface area contributed by atoms with Crippen molar-refractivity contribution >= 4 is 11.9 Å². The molecule has 3 saturated heterocycles. The van der Waals surface area contributed by atoms with Crippen molar-refractivity contribution in [3.63, 3.8) is 0 Å². The largest absolute Gasteiger partial charge is 0.456 e. The minimum Gasteiger partial charge on any atom is -0.456 e. The zero-order chi connectivity index (χ0) is 12.4. The molecule has 3 aliphatic heterocycles. The maximum atomic E-state index is 14.2. The van der Waals surface area contributed by atoms with Crippen molar-refractivity contribution in [3.8, 4) is 0 Å². The van der Waals surface area contributed by atoms with Gasteiger partial charge in [-0.05, 0) is 0 Å². The molecule has 3 fully saturated rings. The third-order valence-electron chi connectivity index (χ3n) is 3.76. The van der Waals surface area contributed by atoms with Crippen LogP contribution in [0.5, 0.6) is 0 Å². The molecule has 92 valence electrons. The number of hydrogen-bond acceptors (Lipinski definition) is 5. The molecule has 17 heavy (non-hydrogen) atoms. The van der Waals surface area contributed by atoms with E-state index in [1.807, 2.05) is 0 Å². The molecule has 0 aliphatic carbocycles. The first-order valence-corrected chi connectivity index (χ1v) is 5.38. The van der Waals surface area contributed by atoms with E-state index in [0.717, 1.165) is 6.08 Å². The number of fused-ring (bicyclic) bond motifs is 1. The van der Waals surface area contributed by atoms with Crippen LogP contribution in [0.15, 0.2) is 12.7 Å². The monoisotopic (exact) mass is 242 g/mol. The summed E-state index contributed by atoms with van der Waals surface area (Å²) >= 11 is 0. The van der Waals surface area contributed by atoms with Crippen LogP contribution < -0.4 is 0 Å². The lowest BCUT2D eigenvalue weighted by molar-refractivity contribution is -0.175. The second-order valence-corrected chi connectivity index (χ2v) is 4.57. The molecule has 0 saturated carbocycles. The Morgan fingerprint density at radius 3 is 2.88 bits per heavy atom. The highest BCUT2D eigenvalue weighted by Gasteiger charge is 2.79. The van der Waals surface area contributed by atoms with E-state index < -0.39 is 42.0 Å². The van der Waals surface area contributed by atoms with Crippen molar-refractivity contribution in [2.75, 3.05) is 0 Å². The van der Waals surface area contributed by atoms with Crippen LogP contribution in [0.2, 0.25) is 0 Å². The number of carbonyl (C=O) groups excluding carboxylic acids is 2. The lowest BCUT2D eigenvalue weighted by atomic mass is 9.78. The van der Waals surface area contributed by atoms with Gasteiger partial charge in [-0.15, -0.1) is 0 Å². The first kappa shape index (κ1) is 10.7. The molecular weight excluding hydrogens is 231 g/mol. The normalized spacial score (nSPS) is 50.2. The van der Waals surface area contributed by atoms with Crippen LogP contribution in [0.4, 0.5) is 4.39 Å². The summed E-state index contributed by atoms with van der Waals surface area (Å²) in [4.78, 5) is 23.0. The summed E-state index contributed by atoms with van der Waals surface area (Å²) in [5.74, 6) is -1.94. The zero-order valence-electron chi connectivity index (χ0n) is 9.09. The van der Waals surface area contributed by atoms with Crippen molar-refractivity contribution in [3.05, 3.63) is 12.7 Å². The molecule has 0 aromatic carbocycles. The van der Waals surface area contributed by atoms with Crippen LogP contribution in [0.25, 0.3) is 0 Å². The van der Waals surface area contributed by atoms with Gasteiger partial charge in [-0.3, -0.25) is 0 Å². The van der Waals surface area contributed by atoms with E-state index in [1.165, 1.54) is 0 Å². The molecule has 0 aromatic rings. The molecule has 6 atom stereocenters. The van der Waals surface area contributed by atoms with E-state index in [1.54, 1.807) is 6.92 Å². The van der Waals surface area contributed by atoms with E-state index in [9.17, 15) is 14.0 Å². The Morgan fingerprint density at radius 1 is 1.59 bits per heavy atom. The summed E-state index contributed by atoms with van der Waals surface area (Å²) in [5, 5.41) is 0. The predicted molar refractivity (Wildman–Crippen MR) is 51.6 cm³/mol. The maximum Gasteiger partial charge on any atom is 0.357 e. The van der Waals surface area contributed by atoms with Gasteiger partial charge in [0.1, 0.15) is 18.3 Å². The van der Waals surface area contributed by atoms with Crippen molar-refractivity contribution < 1.29 is 28.2 Å². The summed E-state index contributed by atoms with van der Waals surface area (Å²) in [6.45, 7) is 4.97. The molecular formula is C11H11FO5. The Morgan fingerprint density at radius 2 is 2.29 bits per heavy atom. The Kier molecular flexibility index (Phi) is 1.93. The van der Waals surface area contributed by atoms with Crippen molar-refractivity contribution in [1.29, 1.82) is 0 Å². The molecule has 0 aromatic heterocycles. The van der Waals surface area contributed by atoms with Crippen LogP contribution in [-0.2, 0) is 23.8 Å². The van der Waals surface area contributed by atoms with Gasteiger partial charge in [-0.2, -0.15) is 0 Å². The SMILES string of the molecule is C=CC(=O)OC12C(=O)OC3C(C)C(OC31)C2F. The fourth-order valence-electron chi connectivity index (χ4n) is 2.89. The van der Waals surface area contributed by atoms with E-state index in [2.05, 4.69) is 6.58 Å². The van der Waals surface area contributed by atoms with Gasteiger partial charge in [0.05, 0.1) is 0 Å². The van der Waals surface area contributed by atoms with Gasteiger partial charge in [0.25, 0.3) is 5.60 Å². The number of carbonyl (C=O) groups is 2. The van der Waals surface area contributed by atoms with E-state index in [0.29, 0.717) is 0 Å². The highest BCUT2D eigenvalue weighted by Crippen LogP contribution is 2.54. The zero-order valence-corrected chi connectivity index (χ0v) is 9.09. The molecule has 2 bridgehead atoms. The minimum absolute atomic E-state index is 0.225. The van der Waals surface area contributed by atoms with Crippen LogP contribution in [0.1, 0.15) is 6.92 Å². The number of hydrogen-bond donors (Lipinski definition) is 0. The van der Waals surface area contributed by atoms with Crippen LogP contribution in [-0.4, -0.2) is 42.0 Å². The molecule has 5 nitrogen and oxygen atoms in total. The van der Waals surface area contributed by atoms with Gasteiger partial charge in [0.15, 0.2) is 6.17 Å². The highest BCUT2D eigenvalue weighted by molar-refractivity contribution is 5.91. The van der Waals surface area contributed by atoms with E-state index >= 15 is 0 Å². The second kappa shape index (κ2) is 3.07. The van der Waals surface area contributed by atoms with Gasteiger partial charge in [-0.25, -0.2) is 14.0 Å². The fraction of sp³-hybridized carbons (Fsp3) is 0.636. The van der Waals surface area contributed by atoms with Crippen molar-refractivity contribution in [2.45, 2.75) is 37.0 Å². The topological polar surface area (TPSA) is 61.8 Å². The summed E-state index contributed by atoms with van der Waals surface area (Å²) in [6.07, 6.45) is -2.92. The number of alkyl halides is 1. The van der Waals surface area contributed by atoms with Crippen molar-refractivity contribution in [1.82, 2.24) is 0 Å². The standard InChI is InChI=1S/C11H11FO5/c1-3-5(13)17-11-8(12)6-4(2)7(9(11)15-6)16-10(11)14/h3-4,6-9H,1H2,2H3. The fourth-order valence-corrected chi connectivity index (χ4v) is 2.89. The molecule has 6 heteroatoms. The van der Waals surface area contributed by atoms with Gasteiger partial charge in [-0.1, -0.05) is 13.5 Å². The molecule has 0 radical (unpaired) electrons. The molecule has 0 spiro atoms. The van der Waals surface area contributed by atoms with Gasteiger partial charge in [0, 0.05) is 12.0 Å². The van der Waals surface area contributed by atoms with E-state index in [-0.39, 0.29) is 5.92 Å². The van der Waals surface area contributed by atoms with E-state index in [4.69, 9.17) is 14.2 Å². The van der Waals surface area contributed by atoms with Gasteiger partial charge in [0.2, 0.25) is 0 Å². The Hall–Kier alpha value is -1.43. The first-order valence-electron chi connectivity index (χ1n) is 5.38. The Bertz CT molecular complexity index is 422. The maximum absolute atomic E-state index is 14.2. The van der Waals surface area contributed by atoms with Crippen LogP contribution in [0.3, 0.4) is 0 Å². The first-order chi connectivity index (χ1) is 8.02. The second-order valence-electron chi connectivity index (χ2n) is 4.57. The average Bonchev–Trinajstić information content (AvgIpc) is 2.84. The molecule has 0 amide bonds. The third kappa shape index (κ3) is 1.02. The number of esters is 2. The lowest BCUT2D eigenvalue weighted by Crippen LogP contribution is -2.56. The predicted octanol–water partition coefficient (Wildman–Crippen LogP) is 0.135.